The molecule has 0 fully saturated rings. The van der Waals surface area contributed by atoms with E-state index in [9.17, 15) is 0 Å². The number of halogens is 2. The van der Waals surface area contributed by atoms with Crippen LogP contribution in [0.5, 0.6) is 0 Å². The first-order valence-corrected chi connectivity index (χ1v) is 4.41. The SMILES string of the molecule is Cc1ccnc(Cl)c1CBr. The summed E-state index contributed by atoms with van der Waals surface area (Å²) in [6, 6.07) is 1.95. The Labute approximate surface area is 73.6 Å². The van der Waals surface area contributed by atoms with E-state index in [4.69, 9.17) is 11.6 Å². The minimum Gasteiger partial charge on any atom is -0.244 e. The smallest absolute Gasteiger partial charge is 0.133 e. The lowest BCUT2D eigenvalue weighted by Gasteiger charge is -2.01. The van der Waals surface area contributed by atoms with Gasteiger partial charge in [0.1, 0.15) is 5.15 Å². The number of pyridine rings is 1. The van der Waals surface area contributed by atoms with Crippen molar-refractivity contribution >= 4 is 27.5 Å². The maximum Gasteiger partial charge on any atom is 0.133 e. The molecule has 0 saturated carbocycles. The van der Waals surface area contributed by atoms with Crippen molar-refractivity contribution in [3.63, 3.8) is 0 Å². The maximum absolute atomic E-state index is 5.79. The third-order valence-corrected chi connectivity index (χ3v) is 2.26. The minimum absolute atomic E-state index is 0.594. The number of rotatable bonds is 1. The Morgan fingerprint density at radius 1 is 1.70 bits per heavy atom. The van der Waals surface area contributed by atoms with Gasteiger partial charge in [-0.1, -0.05) is 27.5 Å². The Bertz CT molecular complexity index is 217. The lowest BCUT2D eigenvalue weighted by molar-refractivity contribution is 1.21. The van der Waals surface area contributed by atoms with Gasteiger partial charge in [0, 0.05) is 17.1 Å². The number of aromatic nitrogens is 1. The topological polar surface area (TPSA) is 12.9 Å². The highest BCUT2D eigenvalue weighted by atomic mass is 79.9. The molecule has 1 rings (SSSR count). The Balaban J connectivity index is 3.17. The highest BCUT2D eigenvalue weighted by Crippen LogP contribution is 2.18. The number of hydrogen-bond donors (Lipinski definition) is 0. The van der Waals surface area contributed by atoms with Crippen molar-refractivity contribution in [3.05, 3.63) is 28.5 Å². The van der Waals surface area contributed by atoms with Gasteiger partial charge in [-0.2, -0.15) is 0 Å². The van der Waals surface area contributed by atoms with Crippen LogP contribution in [0.1, 0.15) is 11.1 Å². The summed E-state index contributed by atoms with van der Waals surface area (Å²) >= 11 is 9.12. The third kappa shape index (κ3) is 1.50. The van der Waals surface area contributed by atoms with E-state index in [-0.39, 0.29) is 0 Å². The predicted molar refractivity (Wildman–Crippen MR) is 46.6 cm³/mol. The molecule has 0 aliphatic heterocycles. The third-order valence-electron chi connectivity index (χ3n) is 1.37. The quantitative estimate of drug-likeness (QED) is 0.524. The molecule has 3 heteroatoms. The van der Waals surface area contributed by atoms with E-state index in [0.717, 1.165) is 10.9 Å². The first-order valence-electron chi connectivity index (χ1n) is 2.91. The zero-order valence-corrected chi connectivity index (χ0v) is 7.91. The molecule has 0 amide bonds. The molecule has 0 spiro atoms. The summed E-state index contributed by atoms with van der Waals surface area (Å²) in [5, 5.41) is 1.36. The Morgan fingerprint density at radius 3 is 2.80 bits per heavy atom. The standard InChI is InChI=1S/C7H7BrClN/c1-5-2-3-10-7(9)6(5)4-8/h2-3H,4H2,1H3. The number of nitrogens with zero attached hydrogens (tertiary/aromatic N) is 1. The van der Waals surface area contributed by atoms with Crippen LogP contribution in [0.3, 0.4) is 0 Å². The van der Waals surface area contributed by atoms with Crippen molar-refractivity contribution in [2.45, 2.75) is 12.3 Å². The number of hydrogen-bond acceptors (Lipinski definition) is 1. The zero-order chi connectivity index (χ0) is 7.56. The molecular weight excluding hydrogens is 213 g/mol. The van der Waals surface area contributed by atoms with Crippen LogP contribution in [0.25, 0.3) is 0 Å². The molecule has 0 aromatic carbocycles. The van der Waals surface area contributed by atoms with Crippen molar-refractivity contribution in [1.82, 2.24) is 4.98 Å². The van der Waals surface area contributed by atoms with Crippen LogP contribution < -0.4 is 0 Å². The van der Waals surface area contributed by atoms with Gasteiger partial charge < -0.3 is 0 Å². The van der Waals surface area contributed by atoms with Gasteiger partial charge in [-0.05, 0) is 18.6 Å². The number of aryl methyl sites for hydroxylation is 1. The van der Waals surface area contributed by atoms with Gasteiger partial charge in [-0.3, -0.25) is 0 Å². The van der Waals surface area contributed by atoms with Gasteiger partial charge in [-0.25, -0.2) is 4.98 Å². The molecule has 54 valence electrons. The molecular formula is C7H7BrClN. The lowest BCUT2D eigenvalue weighted by Crippen LogP contribution is -1.87. The van der Waals surface area contributed by atoms with E-state index >= 15 is 0 Å². The molecule has 0 atom stereocenters. The van der Waals surface area contributed by atoms with Crippen molar-refractivity contribution in [3.8, 4) is 0 Å². The fourth-order valence-corrected chi connectivity index (χ4v) is 1.86. The Morgan fingerprint density at radius 2 is 2.40 bits per heavy atom. The predicted octanol–water partition coefficient (Wildman–Crippen LogP) is 2.94. The van der Waals surface area contributed by atoms with Crippen LogP contribution >= 0.6 is 27.5 Å². The molecule has 0 N–H and O–H groups in total. The first-order chi connectivity index (χ1) is 4.75. The molecule has 1 nitrogen and oxygen atoms in total. The van der Waals surface area contributed by atoms with E-state index in [1.807, 2.05) is 13.0 Å². The van der Waals surface area contributed by atoms with Gasteiger partial charge in [0.05, 0.1) is 0 Å². The monoisotopic (exact) mass is 219 g/mol. The van der Waals surface area contributed by atoms with Crippen molar-refractivity contribution < 1.29 is 0 Å². The Hall–Kier alpha value is -0.0800. The highest BCUT2D eigenvalue weighted by Gasteiger charge is 2.00. The summed E-state index contributed by atoms with van der Waals surface area (Å²) in [5.74, 6) is 0. The van der Waals surface area contributed by atoms with E-state index in [1.165, 1.54) is 5.56 Å². The van der Waals surface area contributed by atoms with Crippen LogP contribution in [-0.2, 0) is 5.33 Å². The summed E-state index contributed by atoms with van der Waals surface area (Å²) < 4.78 is 0. The van der Waals surface area contributed by atoms with Crippen LogP contribution in [0.2, 0.25) is 5.15 Å². The van der Waals surface area contributed by atoms with E-state index in [2.05, 4.69) is 20.9 Å². The average molecular weight is 220 g/mol. The van der Waals surface area contributed by atoms with Gasteiger partial charge in [0.2, 0.25) is 0 Å². The molecule has 0 aliphatic rings. The fourth-order valence-electron chi connectivity index (χ4n) is 0.716. The molecule has 1 aromatic heterocycles. The summed E-state index contributed by atoms with van der Waals surface area (Å²) in [5.41, 5.74) is 2.25. The minimum atomic E-state index is 0.594. The normalized spacial score (nSPS) is 9.90. The molecule has 0 bridgehead atoms. The van der Waals surface area contributed by atoms with Crippen LogP contribution in [-0.4, -0.2) is 4.98 Å². The van der Waals surface area contributed by atoms with Crippen molar-refractivity contribution in [2.75, 3.05) is 0 Å². The fraction of sp³-hybridized carbons (Fsp3) is 0.286. The highest BCUT2D eigenvalue weighted by molar-refractivity contribution is 9.08. The summed E-state index contributed by atoms with van der Waals surface area (Å²) in [6.07, 6.45) is 1.71. The summed E-state index contributed by atoms with van der Waals surface area (Å²) in [6.45, 7) is 2.02. The summed E-state index contributed by atoms with van der Waals surface area (Å²) in [7, 11) is 0. The summed E-state index contributed by atoms with van der Waals surface area (Å²) in [4.78, 5) is 3.95. The molecule has 0 aliphatic carbocycles. The molecule has 1 heterocycles. The van der Waals surface area contributed by atoms with Gasteiger partial charge in [0.25, 0.3) is 0 Å². The zero-order valence-electron chi connectivity index (χ0n) is 5.56. The van der Waals surface area contributed by atoms with Crippen LogP contribution in [0, 0.1) is 6.92 Å². The number of alkyl halides is 1. The molecule has 0 unspecified atom stereocenters. The van der Waals surface area contributed by atoms with Crippen LogP contribution in [0.15, 0.2) is 12.3 Å². The molecule has 1 aromatic rings. The molecule has 0 saturated heterocycles. The van der Waals surface area contributed by atoms with E-state index in [0.29, 0.717) is 5.15 Å². The molecule has 10 heavy (non-hydrogen) atoms. The lowest BCUT2D eigenvalue weighted by atomic mass is 10.2. The first kappa shape index (κ1) is 8.02. The largest absolute Gasteiger partial charge is 0.244 e. The van der Waals surface area contributed by atoms with Gasteiger partial charge in [0.15, 0.2) is 0 Å². The second-order valence-corrected chi connectivity index (χ2v) is 2.95. The van der Waals surface area contributed by atoms with Gasteiger partial charge >= 0.3 is 0 Å². The average Bonchev–Trinajstić information content (AvgIpc) is 1.88. The maximum atomic E-state index is 5.79. The van der Waals surface area contributed by atoms with Crippen LogP contribution in [0.4, 0.5) is 0 Å². The van der Waals surface area contributed by atoms with E-state index < -0.39 is 0 Å². The Kier molecular flexibility index (Phi) is 2.69. The molecule has 0 radical (unpaired) electrons. The second-order valence-electron chi connectivity index (χ2n) is 2.03. The second kappa shape index (κ2) is 3.35. The van der Waals surface area contributed by atoms with Gasteiger partial charge in [-0.15, -0.1) is 0 Å². The van der Waals surface area contributed by atoms with E-state index in [1.54, 1.807) is 6.20 Å². The van der Waals surface area contributed by atoms with Crippen molar-refractivity contribution in [1.29, 1.82) is 0 Å². The van der Waals surface area contributed by atoms with Crippen molar-refractivity contribution in [2.24, 2.45) is 0 Å².